The van der Waals surface area contributed by atoms with Gasteiger partial charge >= 0.3 is 0 Å². The summed E-state index contributed by atoms with van der Waals surface area (Å²) in [7, 11) is 0. The van der Waals surface area contributed by atoms with E-state index in [-0.39, 0.29) is 6.61 Å². The van der Waals surface area contributed by atoms with Gasteiger partial charge in [0.15, 0.2) is 0 Å². The van der Waals surface area contributed by atoms with Crippen LogP contribution in [0.3, 0.4) is 0 Å². The molecule has 0 heterocycles. The summed E-state index contributed by atoms with van der Waals surface area (Å²) >= 11 is 0. The van der Waals surface area contributed by atoms with Gasteiger partial charge in [0.25, 0.3) is 5.09 Å². The van der Waals surface area contributed by atoms with Crippen LogP contribution < -0.4 is 0 Å². The fourth-order valence-electron chi connectivity index (χ4n) is 1.17. The van der Waals surface area contributed by atoms with Crippen LogP contribution in [0.15, 0.2) is 24.3 Å². The second-order valence-corrected chi connectivity index (χ2v) is 3.15. The number of aryl methyl sites for hydroxylation is 2. The molecule has 1 aromatic rings. The Morgan fingerprint density at radius 2 is 2.00 bits per heavy atom. The number of rotatable bonds is 5. The second-order valence-electron chi connectivity index (χ2n) is 3.15. The summed E-state index contributed by atoms with van der Waals surface area (Å²) in [4.78, 5) is 14.0. The lowest BCUT2D eigenvalue weighted by atomic mass is 10.1. The molecule has 0 aliphatic carbocycles. The smallest absolute Gasteiger partial charge is 0.294 e. The van der Waals surface area contributed by atoms with E-state index in [1.165, 1.54) is 11.1 Å². The molecular formula is C10H13NO3. The van der Waals surface area contributed by atoms with E-state index in [2.05, 4.69) is 4.84 Å². The first kappa shape index (κ1) is 10.5. The summed E-state index contributed by atoms with van der Waals surface area (Å²) in [6, 6.07) is 8.12. The van der Waals surface area contributed by atoms with Crippen LogP contribution in [0.4, 0.5) is 0 Å². The molecule has 4 heteroatoms. The number of hydrogen-bond donors (Lipinski definition) is 0. The van der Waals surface area contributed by atoms with Crippen molar-refractivity contribution >= 4 is 0 Å². The summed E-state index contributed by atoms with van der Waals surface area (Å²) in [5, 5.41) is 9.08. The Kier molecular flexibility index (Phi) is 3.91. The summed E-state index contributed by atoms with van der Waals surface area (Å²) < 4.78 is 0. The van der Waals surface area contributed by atoms with E-state index < -0.39 is 5.09 Å². The van der Waals surface area contributed by atoms with E-state index >= 15 is 0 Å². The Morgan fingerprint density at radius 1 is 1.36 bits per heavy atom. The van der Waals surface area contributed by atoms with Crippen molar-refractivity contribution in [1.29, 1.82) is 0 Å². The lowest BCUT2D eigenvalue weighted by Gasteiger charge is -2.01. The Morgan fingerprint density at radius 3 is 2.57 bits per heavy atom. The minimum absolute atomic E-state index is 0.168. The molecule has 1 aromatic carbocycles. The van der Waals surface area contributed by atoms with E-state index in [1.54, 1.807) is 0 Å². The normalized spacial score (nSPS) is 9.79. The van der Waals surface area contributed by atoms with Crippen molar-refractivity contribution in [2.45, 2.75) is 19.8 Å². The highest BCUT2D eigenvalue weighted by Crippen LogP contribution is 2.05. The molecule has 0 aliphatic rings. The molecule has 1 rings (SSSR count). The predicted octanol–water partition coefficient (Wildman–Crippen LogP) is 2.14. The largest absolute Gasteiger partial charge is 0.314 e. The van der Waals surface area contributed by atoms with Crippen LogP contribution in [0.5, 0.6) is 0 Å². The molecule has 0 saturated carbocycles. The maximum atomic E-state index is 9.84. The highest BCUT2D eigenvalue weighted by atomic mass is 16.9. The van der Waals surface area contributed by atoms with Gasteiger partial charge in [-0.2, -0.15) is 0 Å². The SMILES string of the molecule is Cc1ccc(CCCO[N+](=O)[O-])cc1. The lowest BCUT2D eigenvalue weighted by Crippen LogP contribution is -2.03. The highest BCUT2D eigenvalue weighted by Gasteiger charge is 1.96. The molecule has 4 nitrogen and oxygen atoms in total. The number of hydrogen-bond acceptors (Lipinski definition) is 3. The maximum Gasteiger partial charge on any atom is 0.294 e. The summed E-state index contributed by atoms with van der Waals surface area (Å²) in [5.41, 5.74) is 2.40. The molecule has 0 aliphatic heterocycles. The van der Waals surface area contributed by atoms with Gasteiger partial charge < -0.3 is 4.84 Å². The minimum atomic E-state index is -0.755. The van der Waals surface area contributed by atoms with Gasteiger partial charge in [0, 0.05) is 0 Å². The lowest BCUT2D eigenvalue weighted by molar-refractivity contribution is -0.757. The Bertz CT molecular complexity index is 295. The van der Waals surface area contributed by atoms with E-state index in [4.69, 9.17) is 0 Å². The van der Waals surface area contributed by atoms with E-state index in [0.717, 1.165) is 6.42 Å². The van der Waals surface area contributed by atoms with Crippen LogP contribution in [-0.4, -0.2) is 11.7 Å². The molecule has 0 spiro atoms. The van der Waals surface area contributed by atoms with Crippen molar-refractivity contribution in [3.63, 3.8) is 0 Å². The first-order chi connectivity index (χ1) is 6.68. The van der Waals surface area contributed by atoms with Crippen LogP contribution in [0, 0.1) is 17.0 Å². The molecule has 0 saturated heterocycles. The van der Waals surface area contributed by atoms with Gasteiger partial charge in [-0.05, 0) is 25.3 Å². The average Bonchev–Trinajstić information content (AvgIpc) is 2.15. The Labute approximate surface area is 82.6 Å². The van der Waals surface area contributed by atoms with Crippen molar-refractivity contribution in [2.75, 3.05) is 6.61 Å². The third-order valence-corrected chi connectivity index (χ3v) is 1.93. The van der Waals surface area contributed by atoms with Crippen LogP contribution in [0.1, 0.15) is 17.5 Å². The molecule has 0 unspecified atom stereocenters. The van der Waals surface area contributed by atoms with Crippen molar-refractivity contribution in [2.24, 2.45) is 0 Å². The van der Waals surface area contributed by atoms with Crippen LogP contribution in [0.2, 0.25) is 0 Å². The number of nitrogens with zero attached hydrogens (tertiary/aromatic N) is 1. The second kappa shape index (κ2) is 5.21. The molecule has 0 atom stereocenters. The average molecular weight is 195 g/mol. The van der Waals surface area contributed by atoms with Crippen molar-refractivity contribution in [1.82, 2.24) is 0 Å². The molecule has 0 amide bonds. The van der Waals surface area contributed by atoms with Gasteiger partial charge in [0.2, 0.25) is 0 Å². The van der Waals surface area contributed by atoms with Gasteiger partial charge in [-0.3, -0.25) is 0 Å². The van der Waals surface area contributed by atoms with Gasteiger partial charge in [0.1, 0.15) is 0 Å². The van der Waals surface area contributed by atoms with Gasteiger partial charge in [-0.1, -0.05) is 29.8 Å². The monoisotopic (exact) mass is 195 g/mol. The quantitative estimate of drug-likeness (QED) is 0.411. The van der Waals surface area contributed by atoms with Crippen LogP contribution in [-0.2, 0) is 11.3 Å². The summed E-state index contributed by atoms with van der Waals surface area (Å²) in [6.45, 7) is 2.19. The third kappa shape index (κ3) is 3.89. The zero-order valence-electron chi connectivity index (χ0n) is 8.10. The summed E-state index contributed by atoms with van der Waals surface area (Å²) in [6.07, 6.45) is 1.48. The molecule has 14 heavy (non-hydrogen) atoms. The highest BCUT2D eigenvalue weighted by molar-refractivity contribution is 5.21. The number of benzene rings is 1. The molecule has 0 fully saturated rings. The van der Waals surface area contributed by atoms with Crippen molar-refractivity contribution < 1.29 is 9.92 Å². The molecule has 0 N–H and O–H groups in total. The molecule has 0 bridgehead atoms. The van der Waals surface area contributed by atoms with Gasteiger partial charge in [-0.25, -0.2) is 0 Å². The van der Waals surface area contributed by atoms with Crippen LogP contribution in [0.25, 0.3) is 0 Å². The minimum Gasteiger partial charge on any atom is -0.314 e. The van der Waals surface area contributed by atoms with E-state index in [0.29, 0.717) is 6.42 Å². The predicted molar refractivity (Wildman–Crippen MR) is 52.4 cm³/mol. The van der Waals surface area contributed by atoms with E-state index in [1.807, 2.05) is 31.2 Å². The van der Waals surface area contributed by atoms with Gasteiger partial charge in [0.05, 0.1) is 6.61 Å². The first-order valence-corrected chi connectivity index (χ1v) is 4.51. The molecule has 76 valence electrons. The van der Waals surface area contributed by atoms with Crippen molar-refractivity contribution in [3.05, 3.63) is 45.5 Å². The zero-order valence-corrected chi connectivity index (χ0v) is 8.10. The third-order valence-electron chi connectivity index (χ3n) is 1.93. The molecule has 0 aromatic heterocycles. The Hall–Kier alpha value is -1.58. The fourth-order valence-corrected chi connectivity index (χ4v) is 1.17. The zero-order chi connectivity index (χ0) is 10.4. The molecular weight excluding hydrogens is 182 g/mol. The Balaban J connectivity index is 2.25. The molecule has 0 radical (unpaired) electrons. The fraction of sp³-hybridized carbons (Fsp3) is 0.400. The van der Waals surface area contributed by atoms with Gasteiger partial charge in [-0.15, -0.1) is 10.1 Å². The van der Waals surface area contributed by atoms with Crippen molar-refractivity contribution in [3.8, 4) is 0 Å². The van der Waals surface area contributed by atoms with Crippen LogP contribution >= 0.6 is 0 Å². The topological polar surface area (TPSA) is 52.4 Å². The first-order valence-electron chi connectivity index (χ1n) is 4.51. The standard InChI is InChI=1S/C10H13NO3/c1-9-4-6-10(7-5-9)3-2-8-14-11(12)13/h4-7H,2-3,8H2,1H3. The summed E-state index contributed by atoms with van der Waals surface area (Å²) in [5.74, 6) is 0. The van der Waals surface area contributed by atoms with E-state index in [9.17, 15) is 10.1 Å². The maximum absolute atomic E-state index is 9.84.